The van der Waals surface area contributed by atoms with Crippen LogP contribution in [-0.4, -0.2) is 62.7 Å². The van der Waals surface area contributed by atoms with Crippen molar-refractivity contribution in [1.29, 1.82) is 0 Å². The molecule has 0 saturated carbocycles. The fourth-order valence-corrected chi connectivity index (χ4v) is 2.54. The Balaban J connectivity index is 2.32. The summed E-state index contributed by atoms with van der Waals surface area (Å²) in [5.74, 6) is -0.260. The number of carboxylic acid groups (broad SMARTS) is 1. The first-order chi connectivity index (χ1) is 10.6. The predicted molar refractivity (Wildman–Crippen MR) is 71.3 cm³/mol. The van der Waals surface area contributed by atoms with E-state index < -0.39 is 35.5 Å². The van der Waals surface area contributed by atoms with E-state index in [0.29, 0.717) is 4.68 Å². The molecule has 2 rings (SSSR count). The number of nitro groups is 1. The summed E-state index contributed by atoms with van der Waals surface area (Å²) in [6, 6.07) is -0.518. The van der Waals surface area contributed by atoms with Gasteiger partial charge >= 0.3 is 18.0 Å². The topological polar surface area (TPSA) is 105 Å². The molecule has 23 heavy (non-hydrogen) atoms. The molecule has 1 aliphatic rings. The van der Waals surface area contributed by atoms with Crippen molar-refractivity contribution in [1.82, 2.24) is 14.7 Å². The highest BCUT2D eigenvalue weighted by atomic mass is 19.4. The average Bonchev–Trinajstić information content (AvgIpc) is 2.79. The van der Waals surface area contributed by atoms with Gasteiger partial charge in [0.2, 0.25) is 5.82 Å². The van der Waals surface area contributed by atoms with Crippen molar-refractivity contribution in [3.8, 4) is 0 Å². The molecule has 9 nitrogen and oxygen atoms in total. The lowest BCUT2D eigenvalue weighted by molar-refractivity contribution is -0.384. The first kappa shape index (κ1) is 16.8. The molecule has 0 aliphatic carbocycles. The molecule has 1 aliphatic heterocycles. The van der Waals surface area contributed by atoms with Gasteiger partial charge in [-0.25, -0.2) is 9.48 Å². The van der Waals surface area contributed by atoms with Crippen molar-refractivity contribution >= 4 is 17.6 Å². The van der Waals surface area contributed by atoms with E-state index in [2.05, 4.69) is 5.10 Å². The zero-order valence-corrected chi connectivity index (χ0v) is 12.0. The van der Waals surface area contributed by atoms with Crippen molar-refractivity contribution in [3.05, 3.63) is 16.3 Å². The van der Waals surface area contributed by atoms with Crippen molar-refractivity contribution in [2.24, 2.45) is 0 Å². The van der Waals surface area contributed by atoms with Gasteiger partial charge in [0.05, 0.1) is 4.92 Å². The fourth-order valence-electron chi connectivity index (χ4n) is 2.54. The van der Waals surface area contributed by atoms with Crippen molar-refractivity contribution < 1.29 is 28.0 Å². The van der Waals surface area contributed by atoms with Crippen LogP contribution in [0, 0.1) is 10.1 Å². The smallest absolute Gasteiger partial charge is 0.408 e. The first-order valence-corrected chi connectivity index (χ1v) is 6.61. The number of halogens is 3. The maximum Gasteiger partial charge on any atom is 0.408 e. The molecule has 1 fully saturated rings. The molecule has 0 aromatic carbocycles. The van der Waals surface area contributed by atoms with Crippen LogP contribution in [0.2, 0.25) is 0 Å². The Labute approximate surface area is 128 Å². The first-order valence-electron chi connectivity index (χ1n) is 6.61. The van der Waals surface area contributed by atoms with Gasteiger partial charge in [-0.2, -0.15) is 18.3 Å². The highest BCUT2D eigenvalue weighted by Gasteiger charge is 2.37. The van der Waals surface area contributed by atoms with Crippen molar-refractivity contribution in [2.75, 3.05) is 24.5 Å². The Kier molecular flexibility index (Phi) is 4.34. The minimum absolute atomic E-state index is 0.0326. The largest absolute Gasteiger partial charge is 0.465 e. The molecular weight excluding hydrogens is 323 g/mol. The molecule has 0 radical (unpaired) electrons. The summed E-state index contributed by atoms with van der Waals surface area (Å²) in [4.78, 5) is 23.7. The van der Waals surface area contributed by atoms with Gasteiger partial charge in [-0.05, 0) is 6.92 Å². The van der Waals surface area contributed by atoms with E-state index in [9.17, 15) is 28.1 Å². The number of amides is 1. The lowest BCUT2D eigenvalue weighted by Gasteiger charge is -2.38. The second-order valence-electron chi connectivity index (χ2n) is 5.15. The van der Waals surface area contributed by atoms with E-state index in [1.165, 1.54) is 4.90 Å². The van der Waals surface area contributed by atoms with E-state index in [1.807, 2.05) is 0 Å². The normalized spacial score (nSPS) is 19.0. The number of alkyl halides is 3. The molecule has 1 atom stereocenters. The molecule has 12 heteroatoms. The molecule has 1 N–H and O–H groups in total. The highest BCUT2D eigenvalue weighted by Crippen LogP contribution is 2.32. The third-order valence-electron chi connectivity index (χ3n) is 3.49. The summed E-state index contributed by atoms with van der Waals surface area (Å²) in [5.41, 5.74) is -0.537. The molecule has 0 bridgehead atoms. The number of hydrogen-bond acceptors (Lipinski definition) is 5. The molecule has 128 valence electrons. The van der Waals surface area contributed by atoms with Crippen LogP contribution < -0.4 is 4.90 Å². The molecule has 1 aromatic heterocycles. The monoisotopic (exact) mass is 337 g/mol. The van der Waals surface area contributed by atoms with Gasteiger partial charge < -0.3 is 14.9 Å². The molecule has 2 heterocycles. The molecular formula is C11H14F3N5O4. The summed E-state index contributed by atoms with van der Waals surface area (Å²) in [6.45, 7) is 0.239. The SMILES string of the molecule is CC1CN(c2c([N+](=O)[O-])cnn2CC(F)(F)F)CCN1C(=O)O. The van der Waals surface area contributed by atoms with Gasteiger partial charge in [-0.3, -0.25) is 10.1 Å². The summed E-state index contributed by atoms with van der Waals surface area (Å²) >= 11 is 0. The molecule has 1 aromatic rings. The quantitative estimate of drug-likeness (QED) is 0.663. The number of aromatic nitrogens is 2. The van der Waals surface area contributed by atoms with Crippen molar-refractivity contribution in [2.45, 2.75) is 25.7 Å². The van der Waals surface area contributed by atoms with Crippen LogP contribution in [-0.2, 0) is 6.54 Å². The van der Waals surface area contributed by atoms with Crippen LogP contribution >= 0.6 is 0 Å². The predicted octanol–water partition coefficient (Wildman–Crippen LogP) is 1.54. The number of nitrogens with zero attached hydrogens (tertiary/aromatic N) is 5. The third-order valence-corrected chi connectivity index (χ3v) is 3.49. The average molecular weight is 337 g/mol. The maximum absolute atomic E-state index is 12.6. The maximum atomic E-state index is 12.6. The second-order valence-corrected chi connectivity index (χ2v) is 5.15. The Morgan fingerprint density at radius 1 is 1.52 bits per heavy atom. The molecule has 0 spiro atoms. The number of hydrogen-bond donors (Lipinski definition) is 1. The van der Waals surface area contributed by atoms with Gasteiger partial charge in [0, 0.05) is 25.7 Å². The molecule has 1 saturated heterocycles. The second kappa shape index (κ2) is 5.93. The van der Waals surface area contributed by atoms with Crippen LogP contribution in [0.4, 0.5) is 29.5 Å². The van der Waals surface area contributed by atoms with Gasteiger partial charge in [-0.1, -0.05) is 0 Å². The summed E-state index contributed by atoms with van der Waals surface area (Å²) in [7, 11) is 0. The minimum Gasteiger partial charge on any atom is -0.465 e. The number of carbonyl (C=O) groups is 1. The lowest BCUT2D eigenvalue weighted by atomic mass is 10.2. The van der Waals surface area contributed by atoms with Gasteiger partial charge in [0.1, 0.15) is 12.7 Å². The summed E-state index contributed by atoms with van der Waals surface area (Å²) in [6.07, 6.45) is -4.95. The van der Waals surface area contributed by atoms with Gasteiger partial charge in [0.15, 0.2) is 0 Å². The lowest BCUT2D eigenvalue weighted by Crippen LogP contribution is -2.54. The summed E-state index contributed by atoms with van der Waals surface area (Å²) < 4.78 is 38.4. The van der Waals surface area contributed by atoms with Crippen LogP contribution in [0.5, 0.6) is 0 Å². The van der Waals surface area contributed by atoms with Crippen LogP contribution in [0.25, 0.3) is 0 Å². The number of piperazine rings is 1. The Morgan fingerprint density at radius 2 is 2.17 bits per heavy atom. The Morgan fingerprint density at radius 3 is 2.65 bits per heavy atom. The van der Waals surface area contributed by atoms with E-state index in [0.717, 1.165) is 11.1 Å². The number of rotatable bonds is 3. The zero-order valence-electron chi connectivity index (χ0n) is 12.0. The third kappa shape index (κ3) is 3.63. The van der Waals surface area contributed by atoms with Crippen LogP contribution in [0.1, 0.15) is 6.92 Å². The van der Waals surface area contributed by atoms with E-state index in [-0.39, 0.29) is 25.5 Å². The minimum atomic E-state index is -4.58. The Bertz CT molecular complexity index is 617. The standard InChI is InChI=1S/C11H14F3N5O4/c1-7-5-16(2-3-17(7)10(20)21)9-8(19(22)23)4-15-18(9)6-11(12,13)14/h4,7H,2-3,5-6H2,1H3,(H,20,21). The molecule has 1 amide bonds. The van der Waals surface area contributed by atoms with Crippen LogP contribution in [0.3, 0.4) is 0 Å². The highest BCUT2D eigenvalue weighted by molar-refractivity contribution is 5.66. The van der Waals surface area contributed by atoms with E-state index >= 15 is 0 Å². The fraction of sp³-hybridized carbons (Fsp3) is 0.636. The molecule has 1 unspecified atom stereocenters. The van der Waals surface area contributed by atoms with E-state index in [1.54, 1.807) is 6.92 Å². The summed E-state index contributed by atoms with van der Waals surface area (Å²) in [5, 5.41) is 23.5. The Hall–Kier alpha value is -2.53. The number of anilines is 1. The van der Waals surface area contributed by atoms with Gasteiger partial charge in [0.25, 0.3) is 0 Å². The van der Waals surface area contributed by atoms with Crippen LogP contribution in [0.15, 0.2) is 6.20 Å². The van der Waals surface area contributed by atoms with E-state index in [4.69, 9.17) is 5.11 Å². The zero-order chi connectivity index (χ0) is 17.4. The van der Waals surface area contributed by atoms with Crippen molar-refractivity contribution in [3.63, 3.8) is 0 Å². The van der Waals surface area contributed by atoms with Gasteiger partial charge in [-0.15, -0.1) is 0 Å².